The zero-order chi connectivity index (χ0) is 22.9. The van der Waals surface area contributed by atoms with Crippen molar-refractivity contribution in [3.63, 3.8) is 0 Å². The molecule has 0 unspecified atom stereocenters. The molecule has 0 atom stereocenters. The van der Waals surface area contributed by atoms with Gasteiger partial charge in [0.05, 0.1) is 11.0 Å². The largest absolute Gasteiger partial charge is 0.290 e. The van der Waals surface area contributed by atoms with Crippen molar-refractivity contribution in [2.45, 2.75) is 6.92 Å². The summed E-state index contributed by atoms with van der Waals surface area (Å²) in [6.45, 7) is 2.08. The smallest absolute Gasteiger partial charge is 0.200 e. The Morgan fingerprint density at radius 3 is 1.65 bits per heavy atom. The molecule has 162 valence electrons. The molecule has 4 aromatic carbocycles. The number of aromatic nitrogens is 5. The fourth-order valence-corrected chi connectivity index (χ4v) is 4.04. The van der Waals surface area contributed by atoms with Gasteiger partial charge in [0.1, 0.15) is 0 Å². The predicted octanol–water partition coefficient (Wildman–Crippen LogP) is 6.52. The molecule has 0 aliphatic heterocycles. The van der Waals surface area contributed by atoms with Crippen LogP contribution in [-0.2, 0) is 0 Å². The lowest BCUT2D eigenvalue weighted by Gasteiger charge is -2.11. The Bertz CT molecular complexity index is 1530. The molecule has 6 rings (SSSR count). The average molecular weight is 440 g/mol. The van der Waals surface area contributed by atoms with Crippen LogP contribution < -0.4 is 0 Å². The van der Waals surface area contributed by atoms with Gasteiger partial charge in [0, 0.05) is 16.8 Å². The molecule has 0 aliphatic carbocycles. The zero-order valence-corrected chi connectivity index (χ0v) is 18.6. The summed E-state index contributed by atoms with van der Waals surface area (Å²) in [5.74, 6) is 2.45. The molecule has 0 radical (unpaired) electrons. The number of aryl methyl sites for hydroxylation is 1. The Morgan fingerprint density at radius 1 is 0.500 bits per heavy atom. The monoisotopic (exact) mass is 439 g/mol. The highest BCUT2D eigenvalue weighted by atomic mass is 15.1. The minimum absolute atomic E-state index is 0.532. The molecule has 0 aliphatic rings. The van der Waals surface area contributed by atoms with Gasteiger partial charge in [-0.05, 0) is 31.2 Å². The minimum Gasteiger partial charge on any atom is -0.290 e. The van der Waals surface area contributed by atoms with Gasteiger partial charge in [0.15, 0.2) is 23.3 Å². The molecule has 0 saturated heterocycles. The Balaban J connectivity index is 1.64. The summed E-state index contributed by atoms with van der Waals surface area (Å²) < 4.78 is 2.12. The van der Waals surface area contributed by atoms with Crippen LogP contribution in [0.3, 0.4) is 0 Å². The van der Waals surface area contributed by atoms with E-state index < -0.39 is 0 Å². The molecule has 0 spiro atoms. The summed E-state index contributed by atoms with van der Waals surface area (Å²) in [7, 11) is 0. The standard InChI is InChI=1S/C29H21N5/c1-20-16-18-23(19-17-20)34-25-15-9-8-14-24(25)30-29(34)28-32-26(21-10-4-2-5-11-21)31-27(33-28)22-12-6-3-7-13-22/h2-19H,1H3. The average Bonchev–Trinajstić information content (AvgIpc) is 3.30. The Kier molecular flexibility index (Phi) is 4.92. The lowest BCUT2D eigenvalue weighted by molar-refractivity contribution is 1.01. The molecule has 0 amide bonds. The van der Waals surface area contributed by atoms with Crippen LogP contribution in [0.5, 0.6) is 0 Å². The number of nitrogens with zero attached hydrogens (tertiary/aromatic N) is 5. The molecule has 0 N–H and O–H groups in total. The molecule has 5 nitrogen and oxygen atoms in total. The first-order valence-corrected chi connectivity index (χ1v) is 11.2. The van der Waals surface area contributed by atoms with Gasteiger partial charge in [-0.2, -0.15) is 0 Å². The fourth-order valence-electron chi connectivity index (χ4n) is 4.04. The predicted molar refractivity (Wildman–Crippen MR) is 135 cm³/mol. The number of para-hydroxylation sites is 2. The number of fused-ring (bicyclic) bond motifs is 1. The van der Waals surface area contributed by atoms with Crippen LogP contribution in [0.15, 0.2) is 109 Å². The maximum absolute atomic E-state index is 4.96. The van der Waals surface area contributed by atoms with Gasteiger partial charge in [0.25, 0.3) is 0 Å². The molecule has 2 aromatic heterocycles. The third-order valence-corrected chi connectivity index (χ3v) is 5.75. The summed E-state index contributed by atoms with van der Waals surface area (Å²) in [5.41, 5.74) is 5.97. The van der Waals surface area contributed by atoms with E-state index in [-0.39, 0.29) is 0 Å². The second-order valence-electron chi connectivity index (χ2n) is 8.13. The quantitative estimate of drug-likeness (QED) is 0.314. The molecular formula is C29H21N5. The molecule has 34 heavy (non-hydrogen) atoms. The van der Waals surface area contributed by atoms with E-state index in [4.69, 9.17) is 19.9 Å². The summed E-state index contributed by atoms with van der Waals surface area (Å²) >= 11 is 0. The fraction of sp³-hybridized carbons (Fsp3) is 0.0345. The first-order chi connectivity index (χ1) is 16.8. The van der Waals surface area contributed by atoms with E-state index in [1.54, 1.807) is 0 Å². The molecule has 0 fully saturated rings. The van der Waals surface area contributed by atoms with Crippen LogP contribution in [-0.4, -0.2) is 24.5 Å². The summed E-state index contributed by atoms with van der Waals surface area (Å²) in [6.07, 6.45) is 0. The molecular weight excluding hydrogens is 418 g/mol. The van der Waals surface area contributed by atoms with Gasteiger partial charge in [-0.3, -0.25) is 4.57 Å². The number of hydrogen-bond acceptors (Lipinski definition) is 4. The number of benzene rings is 4. The van der Waals surface area contributed by atoms with Crippen molar-refractivity contribution in [1.82, 2.24) is 24.5 Å². The van der Waals surface area contributed by atoms with Crippen LogP contribution in [0.25, 0.3) is 51.1 Å². The number of imidazole rings is 1. The van der Waals surface area contributed by atoms with Gasteiger partial charge in [0.2, 0.25) is 0 Å². The second-order valence-corrected chi connectivity index (χ2v) is 8.13. The molecule has 2 heterocycles. The summed E-state index contributed by atoms with van der Waals surface area (Å²) in [6, 6.07) is 36.5. The van der Waals surface area contributed by atoms with E-state index in [2.05, 4.69) is 41.8 Å². The highest BCUT2D eigenvalue weighted by molar-refractivity contribution is 5.82. The van der Waals surface area contributed by atoms with Crippen molar-refractivity contribution in [2.75, 3.05) is 0 Å². The van der Waals surface area contributed by atoms with Crippen LogP contribution in [0.1, 0.15) is 5.56 Å². The Hall–Kier alpha value is -4.64. The van der Waals surface area contributed by atoms with Crippen LogP contribution in [0.4, 0.5) is 0 Å². The van der Waals surface area contributed by atoms with E-state index in [1.807, 2.05) is 78.9 Å². The van der Waals surface area contributed by atoms with Gasteiger partial charge >= 0.3 is 0 Å². The van der Waals surface area contributed by atoms with Gasteiger partial charge in [-0.1, -0.05) is 90.5 Å². The van der Waals surface area contributed by atoms with Crippen LogP contribution in [0.2, 0.25) is 0 Å². The topological polar surface area (TPSA) is 56.5 Å². The van der Waals surface area contributed by atoms with Gasteiger partial charge in [-0.25, -0.2) is 19.9 Å². The molecule has 0 saturated carbocycles. The summed E-state index contributed by atoms with van der Waals surface area (Å²) in [5, 5.41) is 0. The van der Waals surface area contributed by atoms with Gasteiger partial charge < -0.3 is 0 Å². The van der Waals surface area contributed by atoms with Crippen molar-refractivity contribution in [2.24, 2.45) is 0 Å². The van der Waals surface area contributed by atoms with Crippen LogP contribution >= 0.6 is 0 Å². The highest BCUT2D eigenvalue weighted by Crippen LogP contribution is 2.29. The van der Waals surface area contributed by atoms with Crippen molar-refractivity contribution in [3.8, 4) is 40.1 Å². The SMILES string of the molecule is Cc1ccc(-n2c(-c3nc(-c4ccccc4)nc(-c4ccccc4)n3)nc3ccccc32)cc1. The van der Waals surface area contributed by atoms with E-state index in [0.717, 1.165) is 27.8 Å². The van der Waals surface area contributed by atoms with E-state index >= 15 is 0 Å². The lowest BCUT2D eigenvalue weighted by Crippen LogP contribution is -2.05. The van der Waals surface area contributed by atoms with E-state index in [9.17, 15) is 0 Å². The maximum atomic E-state index is 4.96. The number of hydrogen-bond donors (Lipinski definition) is 0. The van der Waals surface area contributed by atoms with Gasteiger partial charge in [-0.15, -0.1) is 0 Å². The van der Waals surface area contributed by atoms with Crippen molar-refractivity contribution < 1.29 is 0 Å². The second kappa shape index (κ2) is 8.37. The first kappa shape index (κ1) is 20.0. The molecule has 6 aromatic rings. The molecule has 5 heteroatoms. The Labute approximate surface area is 197 Å². The van der Waals surface area contributed by atoms with E-state index in [1.165, 1.54) is 5.56 Å². The van der Waals surface area contributed by atoms with E-state index in [0.29, 0.717) is 23.3 Å². The first-order valence-electron chi connectivity index (χ1n) is 11.2. The van der Waals surface area contributed by atoms with Crippen molar-refractivity contribution in [3.05, 3.63) is 115 Å². The third-order valence-electron chi connectivity index (χ3n) is 5.75. The van der Waals surface area contributed by atoms with Crippen molar-refractivity contribution >= 4 is 11.0 Å². The molecule has 0 bridgehead atoms. The third kappa shape index (κ3) is 3.63. The summed E-state index contributed by atoms with van der Waals surface area (Å²) in [4.78, 5) is 19.6. The maximum Gasteiger partial charge on any atom is 0.200 e. The number of rotatable bonds is 4. The minimum atomic E-state index is 0.532. The van der Waals surface area contributed by atoms with Crippen molar-refractivity contribution in [1.29, 1.82) is 0 Å². The highest BCUT2D eigenvalue weighted by Gasteiger charge is 2.19. The normalized spacial score (nSPS) is 11.1. The zero-order valence-electron chi connectivity index (χ0n) is 18.6. The Morgan fingerprint density at radius 2 is 1.03 bits per heavy atom. The lowest BCUT2D eigenvalue weighted by atomic mass is 10.2. The van der Waals surface area contributed by atoms with Crippen LogP contribution in [0, 0.1) is 6.92 Å².